The molecule has 0 amide bonds. The molecule has 0 saturated heterocycles. The summed E-state index contributed by atoms with van der Waals surface area (Å²) in [4.78, 5) is 0. The highest BCUT2D eigenvalue weighted by Gasteiger charge is 2.37. The minimum absolute atomic E-state index is 0.939. The summed E-state index contributed by atoms with van der Waals surface area (Å²) < 4.78 is 32.7. The first-order valence-corrected chi connectivity index (χ1v) is 25.7. The average Bonchev–Trinajstić information content (AvgIpc) is 3.15. The second kappa shape index (κ2) is 41.9. The molecule has 0 aliphatic heterocycles. The molecule has 0 heterocycles. The molecule has 0 aliphatic carbocycles. The average molecular weight is 749 g/mol. The normalized spacial score (nSPS) is 12.0. The Morgan fingerprint density at radius 2 is 0.360 bits per heavy atom. The lowest BCUT2D eigenvalue weighted by Gasteiger charge is -2.24. The van der Waals surface area contributed by atoms with Crippen LogP contribution in [0.4, 0.5) is 0 Å². The highest BCUT2D eigenvalue weighted by molar-refractivity contribution is 6.60. The molecule has 0 aliphatic rings. The van der Waals surface area contributed by atoms with E-state index in [9.17, 15) is 0 Å². The Bertz CT molecular complexity index is 551. The van der Waals surface area contributed by atoms with Crippen LogP contribution in [0.5, 0.6) is 0 Å². The van der Waals surface area contributed by atoms with Crippen molar-refractivity contribution < 1.29 is 26.6 Å². The monoisotopic (exact) mass is 749 g/mol. The molecule has 0 aromatic carbocycles. The maximum absolute atomic E-state index is 5.45. The summed E-state index contributed by atoms with van der Waals surface area (Å²) in [5.74, 6) is 0. The molecule has 8 heteroatoms. The van der Waals surface area contributed by atoms with E-state index in [4.69, 9.17) is 26.6 Å². The van der Waals surface area contributed by atoms with Crippen molar-refractivity contribution in [2.24, 2.45) is 0 Å². The first-order valence-electron chi connectivity index (χ1n) is 21.8. The maximum Gasteiger partial charge on any atom is 0.500 e. The van der Waals surface area contributed by atoms with Crippen molar-refractivity contribution in [2.75, 3.05) is 42.7 Å². The zero-order valence-corrected chi connectivity index (χ0v) is 37.5. The largest absolute Gasteiger partial charge is 0.500 e. The topological polar surface area (TPSA) is 55.4 Å². The lowest BCUT2D eigenvalue weighted by Crippen LogP contribution is -2.42. The van der Waals surface area contributed by atoms with Crippen LogP contribution < -0.4 is 0 Å². The molecule has 0 spiro atoms. The molecule has 0 atom stereocenters. The smallest absolute Gasteiger partial charge is 0.377 e. The minimum Gasteiger partial charge on any atom is -0.377 e. The van der Waals surface area contributed by atoms with Gasteiger partial charge in [-0.3, -0.25) is 0 Å². The summed E-state index contributed by atoms with van der Waals surface area (Å²) in [5.41, 5.74) is 0. The van der Waals surface area contributed by atoms with E-state index < -0.39 is 17.6 Å². The Kier molecular flexibility index (Phi) is 43.9. The minimum atomic E-state index is -2.32. The van der Waals surface area contributed by atoms with Gasteiger partial charge in [0, 0.05) is 54.7 Å². The lowest BCUT2D eigenvalue weighted by molar-refractivity contribution is 0.122. The molecule has 6 nitrogen and oxygen atoms in total. The van der Waals surface area contributed by atoms with Crippen LogP contribution in [-0.4, -0.2) is 60.3 Å². The second-order valence-corrected chi connectivity index (χ2v) is 20.9. The highest BCUT2D eigenvalue weighted by atomic mass is 28.4. The van der Waals surface area contributed by atoms with Gasteiger partial charge >= 0.3 is 17.6 Å². The van der Waals surface area contributed by atoms with E-state index in [1.54, 1.807) is 42.7 Å². The summed E-state index contributed by atoms with van der Waals surface area (Å²) in [5, 5.41) is 0. The molecule has 0 unspecified atom stereocenters. The molecule has 0 rings (SSSR count). The van der Waals surface area contributed by atoms with Gasteiger partial charge in [-0.2, -0.15) is 0 Å². The number of unbranched alkanes of at least 4 members (excludes halogenated alkanes) is 30. The standard InChI is InChI=1S/2C21H46O3Si/c2*1-5-6-7-8-9-10-11-12-13-14-15-16-17-18-19-20-21-25(22-2,23-3)24-4/h2*5-21H2,1-4H3. The van der Waals surface area contributed by atoms with E-state index in [0.29, 0.717) is 0 Å². The molecule has 0 aromatic heterocycles. The van der Waals surface area contributed by atoms with Gasteiger partial charge < -0.3 is 26.6 Å². The molecular formula is C42H92O6Si2. The van der Waals surface area contributed by atoms with E-state index in [1.807, 2.05) is 0 Å². The Morgan fingerprint density at radius 1 is 0.220 bits per heavy atom. The van der Waals surface area contributed by atoms with Gasteiger partial charge in [-0.05, 0) is 12.8 Å². The fourth-order valence-corrected chi connectivity index (χ4v) is 10.5. The molecule has 304 valence electrons. The first-order chi connectivity index (χ1) is 24.5. The third-order valence-electron chi connectivity index (χ3n) is 10.5. The van der Waals surface area contributed by atoms with Gasteiger partial charge in [0.25, 0.3) is 0 Å². The zero-order valence-electron chi connectivity index (χ0n) is 35.5. The number of rotatable bonds is 40. The van der Waals surface area contributed by atoms with Crippen molar-refractivity contribution in [1.82, 2.24) is 0 Å². The van der Waals surface area contributed by atoms with Crippen LogP contribution in [-0.2, 0) is 26.6 Å². The van der Waals surface area contributed by atoms with Crippen molar-refractivity contribution >= 4 is 17.6 Å². The quantitative estimate of drug-likeness (QED) is 0.0459. The molecule has 0 aromatic rings. The maximum atomic E-state index is 5.45. The third-order valence-corrected chi connectivity index (χ3v) is 16.2. The molecule has 0 fully saturated rings. The Hall–Kier alpha value is 0.194. The SMILES string of the molecule is CCCCCCCCCCCCCCCCCC[Si](OC)(OC)OC.CCCCCCCCCCCCCCCCCC[Si](OC)(OC)OC. The van der Waals surface area contributed by atoms with Crippen molar-refractivity contribution in [3.8, 4) is 0 Å². The Balaban J connectivity index is 0. The van der Waals surface area contributed by atoms with Crippen LogP contribution in [0.15, 0.2) is 0 Å². The van der Waals surface area contributed by atoms with Gasteiger partial charge in [-0.1, -0.05) is 206 Å². The van der Waals surface area contributed by atoms with Crippen molar-refractivity contribution in [1.29, 1.82) is 0 Å². The number of hydrogen-bond acceptors (Lipinski definition) is 6. The summed E-state index contributed by atoms with van der Waals surface area (Å²) in [6.07, 6.45) is 44.7. The highest BCUT2D eigenvalue weighted by Crippen LogP contribution is 2.20. The predicted octanol–water partition coefficient (Wildman–Crippen LogP) is 14.3. The van der Waals surface area contributed by atoms with Crippen molar-refractivity contribution in [2.45, 2.75) is 231 Å². The predicted molar refractivity (Wildman–Crippen MR) is 222 cm³/mol. The second-order valence-electron chi connectivity index (χ2n) is 14.7. The zero-order chi connectivity index (χ0) is 37.3. The van der Waals surface area contributed by atoms with Crippen LogP contribution in [0.3, 0.4) is 0 Å². The van der Waals surface area contributed by atoms with Gasteiger partial charge in [0.15, 0.2) is 0 Å². The van der Waals surface area contributed by atoms with Crippen LogP contribution in [0.1, 0.15) is 219 Å². The van der Waals surface area contributed by atoms with Crippen LogP contribution >= 0.6 is 0 Å². The lowest BCUT2D eigenvalue weighted by atomic mass is 10.0. The fourth-order valence-electron chi connectivity index (χ4n) is 6.89. The molecule has 0 radical (unpaired) electrons. The molecule has 50 heavy (non-hydrogen) atoms. The van der Waals surface area contributed by atoms with E-state index in [-0.39, 0.29) is 0 Å². The summed E-state index contributed by atoms with van der Waals surface area (Å²) in [7, 11) is 5.55. The summed E-state index contributed by atoms with van der Waals surface area (Å²) >= 11 is 0. The van der Waals surface area contributed by atoms with E-state index >= 15 is 0 Å². The van der Waals surface area contributed by atoms with Gasteiger partial charge in [0.05, 0.1) is 0 Å². The molecular weight excluding hydrogens is 657 g/mol. The van der Waals surface area contributed by atoms with E-state index in [1.165, 1.54) is 193 Å². The summed E-state index contributed by atoms with van der Waals surface area (Å²) in [6, 6.07) is 1.88. The van der Waals surface area contributed by atoms with Crippen molar-refractivity contribution in [3.63, 3.8) is 0 Å². The molecule has 0 bridgehead atoms. The van der Waals surface area contributed by atoms with Gasteiger partial charge in [-0.25, -0.2) is 0 Å². The number of hydrogen-bond donors (Lipinski definition) is 0. The third kappa shape index (κ3) is 34.0. The van der Waals surface area contributed by atoms with Gasteiger partial charge in [0.2, 0.25) is 0 Å². The molecule has 0 saturated carbocycles. The van der Waals surface area contributed by atoms with Crippen LogP contribution in [0.25, 0.3) is 0 Å². The van der Waals surface area contributed by atoms with Crippen LogP contribution in [0, 0.1) is 0 Å². The summed E-state index contributed by atoms with van der Waals surface area (Å²) in [6.45, 7) is 4.58. The Labute approximate surface area is 317 Å². The van der Waals surface area contributed by atoms with Crippen LogP contribution in [0.2, 0.25) is 12.1 Å². The first kappa shape index (κ1) is 52.3. The van der Waals surface area contributed by atoms with Gasteiger partial charge in [0.1, 0.15) is 0 Å². The van der Waals surface area contributed by atoms with Gasteiger partial charge in [-0.15, -0.1) is 0 Å². The van der Waals surface area contributed by atoms with E-state index in [0.717, 1.165) is 24.9 Å². The molecule has 0 N–H and O–H groups in total. The fraction of sp³-hybridized carbons (Fsp3) is 1.00. The Morgan fingerprint density at radius 3 is 0.500 bits per heavy atom. The van der Waals surface area contributed by atoms with Crippen molar-refractivity contribution in [3.05, 3.63) is 0 Å². The van der Waals surface area contributed by atoms with E-state index in [2.05, 4.69) is 13.8 Å².